The molecule has 0 bridgehead atoms. The summed E-state index contributed by atoms with van der Waals surface area (Å²) in [4.78, 5) is 32.9. The van der Waals surface area contributed by atoms with Gasteiger partial charge in [-0.2, -0.15) is 10.1 Å². The number of methoxy groups -OCH3 is 2. The number of rotatable bonds is 3. The minimum Gasteiger partial charge on any atom is -0.506 e. The molecule has 2 N–H and O–H groups in total. The van der Waals surface area contributed by atoms with E-state index in [-0.39, 0.29) is 44.2 Å². The molecule has 1 aromatic heterocycles. The summed E-state index contributed by atoms with van der Waals surface area (Å²) in [6.07, 6.45) is 1.66. The Labute approximate surface area is 220 Å². The van der Waals surface area contributed by atoms with Gasteiger partial charge >= 0.3 is 0 Å². The van der Waals surface area contributed by atoms with Gasteiger partial charge in [-0.15, -0.1) is 0 Å². The Balaban J connectivity index is 1.54. The van der Waals surface area contributed by atoms with E-state index < -0.39 is 29.1 Å². The molecule has 37 heavy (non-hydrogen) atoms. The van der Waals surface area contributed by atoms with Crippen molar-refractivity contribution in [3.63, 3.8) is 0 Å². The van der Waals surface area contributed by atoms with Crippen LogP contribution < -0.4 is 19.5 Å². The second-order valence-corrected chi connectivity index (χ2v) is 9.84. The molecule has 2 aromatic carbocycles. The van der Waals surface area contributed by atoms with Gasteiger partial charge in [0, 0.05) is 23.3 Å². The van der Waals surface area contributed by atoms with Crippen molar-refractivity contribution in [1.29, 1.82) is 0 Å². The molecule has 1 aliphatic carbocycles. The third-order valence-electron chi connectivity index (χ3n) is 7.17. The first-order valence-electron chi connectivity index (χ1n) is 11.3. The number of carbonyl (C=O) groups excluding carboxylic acids is 2. The number of Topliss-reactive ketones (excluding diaryl/α,β-unsaturated/α-hetero) is 2. The van der Waals surface area contributed by atoms with Gasteiger partial charge in [-0.3, -0.25) is 9.59 Å². The van der Waals surface area contributed by atoms with E-state index in [4.69, 9.17) is 37.4 Å². The number of ether oxygens (including phenoxy) is 3. The van der Waals surface area contributed by atoms with Crippen molar-refractivity contribution in [3.05, 3.63) is 63.0 Å². The number of halogens is 2. The quantitative estimate of drug-likeness (QED) is 0.468. The summed E-state index contributed by atoms with van der Waals surface area (Å²) >= 11 is 12.8. The lowest BCUT2D eigenvalue weighted by atomic mass is 9.69. The van der Waals surface area contributed by atoms with E-state index in [1.807, 2.05) is 0 Å². The lowest BCUT2D eigenvalue weighted by molar-refractivity contribution is -0.130. The predicted molar refractivity (Wildman–Crippen MR) is 133 cm³/mol. The molecule has 3 unspecified atom stereocenters. The monoisotopic (exact) mass is 542 g/mol. The SMILES string of the molecule is COc1cc(OC)c2c(c1Cl)OC1(C(=O)C3=C(CC1C)Nc1ncnn1C3c1ccc(O)c(Cl)c1)C2=O. The summed E-state index contributed by atoms with van der Waals surface area (Å²) in [5.41, 5.74) is -0.348. The van der Waals surface area contributed by atoms with Crippen LogP contribution in [0.15, 0.2) is 41.9 Å². The summed E-state index contributed by atoms with van der Waals surface area (Å²) in [6, 6.07) is 5.34. The smallest absolute Gasteiger partial charge is 0.236 e. The number of aromatic nitrogens is 3. The Hall–Kier alpha value is -3.76. The Morgan fingerprint density at radius 3 is 2.62 bits per heavy atom. The highest BCUT2D eigenvalue weighted by atomic mass is 35.5. The highest BCUT2D eigenvalue weighted by Crippen LogP contribution is 2.55. The van der Waals surface area contributed by atoms with Crippen molar-refractivity contribution in [1.82, 2.24) is 14.8 Å². The van der Waals surface area contributed by atoms with Crippen LogP contribution in [0, 0.1) is 5.92 Å². The molecular formula is C25H20Cl2N4O6. The van der Waals surface area contributed by atoms with E-state index in [1.54, 1.807) is 19.1 Å². The van der Waals surface area contributed by atoms with Crippen LogP contribution in [0.4, 0.5) is 5.95 Å². The molecule has 1 spiro atoms. The molecule has 2 aliphatic heterocycles. The first-order chi connectivity index (χ1) is 17.7. The van der Waals surface area contributed by atoms with Crippen molar-refractivity contribution in [2.45, 2.75) is 25.0 Å². The van der Waals surface area contributed by atoms with E-state index in [2.05, 4.69) is 15.4 Å². The van der Waals surface area contributed by atoms with Crippen LogP contribution in [0.5, 0.6) is 23.0 Å². The molecule has 3 aromatic rings. The molecular weight excluding hydrogens is 523 g/mol. The highest BCUT2D eigenvalue weighted by molar-refractivity contribution is 6.36. The number of carbonyl (C=O) groups is 2. The number of aromatic hydroxyl groups is 1. The fourth-order valence-electron chi connectivity index (χ4n) is 5.39. The summed E-state index contributed by atoms with van der Waals surface area (Å²) in [7, 11) is 2.84. The number of allylic oxidation sites excluding steroid dienone is 1. The van der Waals surface area contributed by atoms with Gasteiger partial charge in [0.25, 0.3) is 0 Å². The zero-order valence-electron chi connectivity index (χ0n) is 19.8. The number of ketones is 2. The largest absolute Gasteiger partial charge is 0.506 e. The first-order valence-corrected chi connectivity index (χ1v) is 12.1. The van der Waals surface area contributed by atoms with Gasteiger partial charge in [-0.25, -0.2) is 4.68 Å². The number of benzene rings is 2. The van der Waals surface area contributed by atoms with Crippen molar-refractivity contribution in [3.8, 4) is 23.0 Å². The molecule has 10 nitrogen and oxygen atoms in total. The fourth-order valence-corrected chi connectivity index (χ4v) is 5.84. The first kappa shape index (κ1) is 23.6. The lowest BCUT2D eigenvalue weighted by Crippen LogP contribution is -2.58. The van der Waals surface area contributed by atoms with Gasteiger partial charge in [-0.05, 0) is 24.1 Å². The lowest BCUT2D eigenvalue weighted by Gasteiger charge is -2.41. The number of hydrogen-bond acceptors (Lipinski definition) is 9. The molecule has 3 aliphatic rings. The van der Waals surface area contributed by atoms with Gasteiger partial charge in [0.15, 0.2) is 5.75 Å². The molecule has 3 atom stereocenters. The van der Waals surface area contributed by atoms with Crippen LogP contribution >= 0.6 is 23.2 Å². The van der Waals surface area contributed by atoms with Crippen LogP contribution in [0.3, 0.4) is 0 Å². The van der Waals surface area contributed by atoms with Crippen LogP contribution in [-0.2, 0) is 4.79 Å². The maximum absolute atomic E-state index is 14.5. The Bertz CT molecular complexity index is 1550. The normalized spacial score (nSPS) is 23.8. The van der Waals surface area contributed by atoms with Crippen molar-refractivity contribution >= 4 is 40.7 Å². The number of fused-ring (bicyclic) bond motifs is 2. The summed E-state index contributed by atoms with van der Waals surface area (Å²) in [5.74, 6) is -0.838. The number of nitrogens with zero attached hydrogens (tertiary/aromatic N) is 3. The Morgan fingerprint density at radius 2 is 1.92 bits per heavy atom. The van der Waals surface area contributed by atoms with E-state index in [1.165, 1.54) is 37.4 Å². The zero-order valence-corrected chi connectivity index (χ0v) is 21.3. The number of phenols is 1. The summed E-state index contributed by atoms with van der Waals surface area (Å²) < 4.78 is 18.6. The van der Waals surface area contributed by atoms with Gasteiger partial charge in [0.2, 0.25) is 23.1 Å². The van der Waals surface area contributed by atoms with Gasteiger partial charge < -0.3 is 24.6 Å². The van der Waals surface area contributed by atoms with Crippen molar-refractivity contribution < 1.29 is 28.9 Å². The zero-order chi connectivity index (χ0) is 26.2. The average molecular weight is 543 g/mol. The molecule has 0 amide bonds. The molecule has 0 saturated heterocycles. The predicted octanol–water partition coefficient (Wildman–Crippen LogP) is 4.20. The summed E-state index contributed by atoms with van der Waals surface area (Å²) in [5, 5.41) is 17.7. The molecule has 0 fully saturated rings. The minimum atomic E-state index is -1.89. The van der Waals surface area contributed by atoms with E-state index in [0.717, 1.165) is 0 Å². The number of nitrogens with one attached hydrogen (secondary N) is 1. The fraction of sp³-hybridized carbons (Fsp3) is 0.280. The maximum Gasteiger partial charge on any atom is 0.236 e. The molecule has 3 heterocycles. The standard InChI is InChI=1S/C25H20Cl2N4O6/c1-10-6-13-17(20(31-24(30-13)28-9-29-31)11-4-5-14(32)12(26)7-11)22(33)25(10)23(34)18-15(35-2)8-16(36-3)19(27)21(18)37-25/h4-5,7-10,20,32H,6H2,1-3H3,(H,28,29,30). The van der Waals surface area contributed by atoms with Gasteiger partial charge in [-0.1, -0.05) is 36.2 Å². The third kappa shape index (κ3) is 3.05. The number of hydrogen-bond donors (Lipinski definition) is 2. The second-order valence-electron chi connectivity index (χ2n) is 9.06. The molecule has 12 heteroatoms. The van der Waals surface area contributed by atoms with Crippen molar-refractivity contribution in [2.75, 3.05) is 19.5 Å². The number of phenolic OH excluding ortho intramolecular Hbond substituents is 1. The molecule has 0 radical (unpaired) electrons. The molecule has 0 saturated carbocycles. The minimum absolute atomic E-state index is 0.0431. The van der Waals surface area contributed by atoms with Crippen LogP contribution in [0.25, 0.3) is 0 Å². The molecule has 6 rings (SSSR count). The Kier molecular flexibility index (Phi) is 5.19. The van der Waals surface area contributed by atoms with Crippen LogP contribution in [0.1, 0.15) is 35.3 Å². The van der Waals surface area contributed by atoms with Gasteiger partial charge in [0.1, 0.15) is 40.2 Å². The highest BCUT2D eigenvalue weighted by Gasteiger charge is 2.63. The van der Waals surface area contributed by atoms with E-state index in [9.17, 15) is 14.7 Å². The van der Waals surface area contributed by atoms with Crippen LogP contribution in [-0.4, -0.2) is 51.3 Å². The van der Waals surface area contributed by atoms with Gasteiger partial charge in [0.05, 0.1) is 19.2 Å². The second kappa shape index (κ2) is 8.12. The number of anilines is 1. The Morgan fingerprint density at radius 1 is 1.16 bits per heavy atom. The maximum atomic E-state index is 14.5. The van der Waals surface area contributed by atoms with E-state index >= 15 is 0 Å². The third-order valence-corrected chi connectivity index (χ3v) is 7.83. The van der Waals surface area contributed by atoms with Crippen molar-refractivity contribution in [2.24, 2.45) is 5.92 Å². The summed E-state index contributed by atoms with van der Waals surface area (Å²) in [6.45, 7) is 1.77. The van der Waals surface area contributed by atoms with E-state index in [0.29, 0.717) is 23.6 Å². The topological polar surface area (TPSA) is 125 Å². The molecule has 190 valence electrons. The average Bonchev–Trinajstić information content (AvgIpc) is 3.47. The van der Waals surface area contributed by atoms with Crippen LogP contribution in [0.2, 0.25) is 10.0 Å².